The molecular formula is C8H6Cl2NO2. The summed E-state index contributed by atoms with van der Waals surface area (Å²) in [5.41, 5.74) is 0.479. The van der Waals surface area contributed by atoms with Gasteiger partial charge in [0.05, 0.1) is 10.5 Å². The van der Waals surface area contributed by atoms with Crippen LogP contribution in [-0.4, -0.2) is 4.92 Å². The molecular weight excluding hydrogens is 213 g/mol. The fraction of sp³-hybridized carbons (Fsp3) is 0.125. The normalized spacial score (nSPS) is 10.5. The van der Waals surface area contributed by atoms with Crippen LogP contribution in [0, 0.1) is 17.0 Å². The summed E-state index contributed by atoms with van der Waals surface area (Å²) < 4.78 is 0. The number of para-hydroxylation sites is 1. The lowest BCUT2D eigenvalue weighted by atomic mass is 10.1. The van der Waals surface area contributed by atoms with Gasteiger partial charge in [-0.25, -0.2) is 0 Å². The van der Waals surface area contributed by atoms with Crippen molar-refractivity contribution in [1.82, 2.24) is 0 Å². The first-order valence-corrected chi connectivity index (χ1v) is 4.28. The Bertz CT molecular complexity index is 339. The van der Waals surface area contributed by atoms with Crippen LogP contribution in [0.15, 0.2) is 18.2 Å². The minimum absolute atomic E-state index is 0.113. The molecule has 1 rings (SSSR count). The van der Waals surface area contributed by atoms with Gasteiger partial charge in [-0.1, -0.05) is 35.3 Å². The van der Waals surface area contributed by atoms with Crippen molar-refractivity contribution in [2.45, 2.75) is 4.84 Å². The summed E-state index contributed by atoms with van der Waals surface area (Å²) in [6.07, 6.45) is 0. The van der Waals surface area contributed by atoms with Gasteiger partial charge in [-0.15, -0.1) is 0 Å². The third kappa shape index (κ3) is 2.11. The van der Waals surface area contributed by atoms with E-state index in [4.69, 9.17) is 23.2 Å². The highest BCUT2D eigenvalue weighted by Crippen LogP contribution is 2.34. The molecule has 0 heterocycles. The fourth-order valence-electron chi connectivity index (χ4n) is 1.01. The summed E-state index contributed by atoms with van der Waals surface area (Å²) in [6.45, 7) is 3.53. The monoisotopic (exact) mass is 218 g/mol. The van der Waals surface area contributed by atoms with E-state index in [0.717, 1.165) is 0 Å². The number of halogens is 2. The van der Waals surface area contributed by atoms with Gasteiger partial charge in [0.15, 0.2) is 0 Å². The van der Waals surface area contributed by atoms with Crippen molar-refractivity contribution in [1.29, 1.82) is 0 Å². The van der Waals surface area contributed by atoms with Gasteiger partial charge in [0.2, 0.25) is 0 Å². The van der Waals surface area contributed by atoms with Gasteiger partial charge in [-0.2, -0.15) is 0 Å². The molecule has 0 fully saturated rings. The molecule has 0 aliphatic heterocycles. The van der Waals surface area contributed by atoms with E-state index in [1.165, 1.54) is 12.1 Å². The smallest absolute Gasteiger partial charge is 0.258 e. The van der Waals surface area contributed by atoms with Gasteiger partial charge >= 0.3 is 0 Å². The van der Waals surface area contributed by atoms with Crippen molar-refractivity contribution in [3.8, 4) is 0 Å². The molecule has 1 radical (unpaired) electrons. The molecule has 0 aromatic heterocycles. The lowest BCUT2D eigenvalue weighted by Gasteiger charge is -2.04. The number of nitro groups is 1. The molecule has 0 amide bonds. The van der Waals surface area contributed by atoms with Crippen LogP contribution in [0.25, 0.3) is 0 Å². The van der Waals surface area contributed by atoms with Crippen molar-refractivity contribution in [3.63, 3.8) is 0 Å². The minimum Gasteiger partial charge on any atom is -0.258 e. The lowest BCUT2D eigenvalue weighted by Crippen LogP contribution is -1.97. The number of hydrogen-bond acceptors (Lipinski definition) is 2. The second-order valence-electron chi connectivity index (χ2n) is 2.41. The van der Waals surface area contributed by atoms with Gasteiger partial charge in [0, 0.05) is 5.56 Å². The van der Waals surface area contributed by atoms with Gasteiger partial charge in [0.25, 0.3) is 5.69 Å². The zero-order valence-corrected chi connectivity index (χ0v) is 8.05. The molecule has 13 heavy (non-hydrogen) atoms. The predicted octanol–water partition coefficient (Wildman–Crippen LogP) is 3.25. The molecule has 0 saturated heterocycles. The van der Waals surface area contributed by atoms with Crippen LogP contribution in [0.1, 0.15) is 16.0 Å². The first-order chi connectivity index (χ1) is 6.04. The number of benzene rings is 1. The summed E-state index contributed by atoms with van der Waals surface area (Å²) in [5, 5.41) is 10.6. The van der Waals surface area contributed by atoms with E-state index in [9.17, 15) is 10.1 Å². The predicted molar refractivity (Wildman–Crippen MR) is 52.0 cm³/mol. The van der Waals surface area contributed by atoms with Crippen LogP contribution in [0.3, 0.4) is 0 Å². The molecule has 0 saturated carbocycles. The number of rotatable bonds is 2. The molecule has 3 nitrogen and oxygen atoms in total. The molecule has 0 atom stereocenters. The Hall–Kier alpha value is -0.800. The largest absolute Gasteiger partial charge is 0.278 e. The maximum Gasteiger partial charge on any atom is 0.278 e. The molecule has 0 N–H and O–H groups in total. The zero-order valence-electron chi connectivity index (χ0n) is 6.54. The maximum absolute atomic E-state index is 10.6. The lowest BCUT2D eigenvalue weighted by molar-refractivity contribution is -0.385. The van der Waals surface area contributed by atoms with Crippen molar-refractivity contribution in [3.05, 3.63) is 46.4 Å². The average Bonchev–Trinajstić information content (AvgIpc) is 2.02. The summed E-state index contributed by atoms with van der Waals surface area (Å²) >= 11 is 11.1. The highest BCUT2D eigenvalue weighted by atomic mass is 35.5. The number of hydrogen-bond donors (Lipinski definition) is 0. The molecule has 5 heteroatoms. The third-order valence-corrected chi connectivity index (χ3v) is 2.04. The van der Waals surface area contributed by atoms with Crippen molar-refractivity contribution < 1.29 is 4.92 Å². The van der Waals surface area contributed by atoms with Crippen LogP contribution >= 0.6 is 23.2 Å². The first kappa shape index (κ1) is 10.3. The van der Waals surface area contributed by atoms with Crippen LogP contribution < -0.4 is 0 Å². The highest BCUT2D eigenvalue weighted by Gasteiger charge is 2.20. The SMILES string of the molecule is [CH2]c1cccc(C(Cl)Cl)c1[N+](=O)[O-]. The van der Waals surface area contributed by atoms with E-state index >= 15 is 0 Å². The van der Waals surface area contributed by atoms with Crippen LogP contribution in [0.4, 0.5) is 5.69 Å². The zero-order chi connectivity index (χ0) is 10.0. The first-order valence-electron chi connectivity index (χ1n) is 3.41. The molecule has 1 aromatic carbocycles. The summed E-state index contributed by atoms with van der Waals surface area (Å²) in [7, 11) is 0. The van der Waals surface area contributed by atoms with Gasteiger partial charge in [-0.3, -0.25) is 10.1 Å². The quantitative estimate of drug-likeness (QED) is 0.435. The van der Waals surface area contributed by atoms with Crippen LogP contribution in [0.5, 0.6) is 0 Å². The molecule has 0 unspecified atom stereocenters. The number of nitro benzene ring substituents is 1. The van der Waals surface area contributed by atoms with Gasteiger partial charge in [-0.05, 0) is 13.0 Å². The molecule has 0 aliphatic carbocycles. The Kier molecular flexibility index (Phi) is 3.12. The second-order valence-corrected chi connectivity index (χ2v) is 3.51. The minimum atomic E-state index is -0.901. The molecule has 0 bridgehead atoms. The number of alkyl halides is 2. The molecule has 1 aromatic rings. The summed E-state index contributed by atoms with van der Waals surface area (Å²) in [4.78, 5) is 9.16. The van der Waals surface area contributed by atoms with Crippen LogP contribution in [0.2, 0.25) is 0 Å². The summed E-state index contributed by atoms with van der Waals surface area (Å²) in [6, 6.07) is 4.68. The fourth-order valence-corrected chi connectivity index (χ4v) is 1.36. The van der Waals surface area contributed by atoms with E-state index < -0.39 is 9.76 Å². The topological polar surface area (TPSA) is 43.1 Å². The van der Waals surface area contributed by atoms with Crippen molar-refractivity contribution in [2.24, 2.45) is 0 Å². The van der Waals surface area contributed by atoms with E-state index in [-0.39, 0.29) is 11.3 Å². The Morgan fingerprint density at radius 3 is 2.46 bits per heavy atom. The van der Waals surface area contributed by atoms with Crippen molar-refractivity contribution >= 4 is 28.9 Å². The highest BCUT2D eigenvalue weighted by molar-refractivity contribution is 6.44. The van der Waals surface area contributed by atoms with Gasteiger partial charge < -0.3 is 0 Å². The Balaban J connectivity index is 3.34. The third-order valence-electron chi connectivity index (χ3n) is 1.57. The summed E-state index contributed by atoms with van der Waals surface area (Å²) in [5.74, 6) is 0. The Morgan fingerprint density at radius 1 is 1.46 bits per heavy atom. The number of nitrogens with zero attached hydrogens (tertiary/aromatic N) is 1. The van der Waals surface area contributed by atoms with E-state index in [2.05, 4.69) is 6.92 Å². The maximum atomic E-state index is 10.6. The Labute approximate surface area is 85.4 Å². The van der Waals surface area contributed by atoms with E-state index in [1.807, 2.05) is 0 Å². The van der Waals surface area contributed by atoms with Crippen LogP contribution in [-0.2, 0) is 0 Å². The van der Waals surface area contributed by atoms with E-state index in [1.54, 1.807) is 6.07 Å². The Morgan fingerprint density at radius 2 is 2.08 bits per heavy atom. The molecule has 0 aliphatic rings. The van der Waals surface area contributed by atoms with Gasteiger partial charge in [0.1, 0.15) is 4.84 Å². The molecule has 69 valence electrons. The molecule has 0 spiro atoms. The van der Waals surface area contributed by atoms with E-state index in [0.29, 0.717) is 5.56 Å². The standard InChI is InChI=1S/C8H6Cl2NO2/c1-5-3-2-4-6(8(9)10)7(5)11(12)13/h2-4,8H,1H2. The van der Waals surface area contributed by atoms with Crippen molar-refractivity contribution in [2.75, 3.05) is 0 Å². The average molecular weight is 219 g/mol. The second kappa shape index (κ2) is 3.94.